The van der Waals surface area contributed by atoms with Gasteiger partial charge in [0, 0.05) is 17.9 Å². The van der Waals surface area contributed by atoms with E-state index in [0.717, 1.165) is 31.2 Å². The van der Waals surface area contributed by atoms with E-state index in [0.29, 0.717) is 5.92 Å². The smallest absolute Gasteiger partial charge is 0.304 e. The highest BCUT2D eigenvalue weighted by Gasteiger charge is 2.57. The molecular weight excluding hydrogens is 333 g/mol. The second-order valence-electron chi connectivity index (χ2n) is 8.63. The zero-order valence-corrected chi connectivity index (χ0v) is 15.7. The van der Waals surface area contributed by atoms with Crippen LogP contribution in [-0.2, 0) is 15.0 Å². The Morgan fingerprint density at radius 1 is 1.19 bits per heavy atom. The van der Waals surface area contributed by atoms with E-state index < -0.39 is 11.4 Å². The number of hydrogen-bond acceptors (Lipinski definition) is 2. The summed E-state index contributed by atoms with van der Waals surface area (Å²) in [5.41, 5.74) is 0.121. The van der Waals surface area contributed by atoms with Crippen molar-refractivity contribution in [1.29, 1.82) is 0 Å². The Hall–Kier alpha value is -1.91. The molecule has 2 aliphatic carbocycles. The Labute approximate surface area is 154 Å². The van der Waals surface area contributed by atoms with Crippen LogP contribution in [0.1, 0.15) is 58.4 Å². The molecule has 5 heteroatoms. The summed E-state index contributed by atoms with van der Waals surface area (Å²) in [6.07, 6.45) is 3.42. The summed E-state index contributed by atoms with van der Waals surface area (Å²) in [4.78, 5) is 23.6. The van der Waals surface area contributed by atoms with Crippen LogP contribution in [0, 0.1) is 23.6 Å². The van der Waals surface area contributed by atoms with Gasteiger partial charge >= 0.3 is 5.97 Å². The first-order valence-electron chi connectivity index (χ1n) is 9.43. The first-order chi connectivity index (χ1) is 12.2. The van der Waals surface area contributed by atoms with Gasteiger partial charge in [-0.1, -0.05) is 26.0 Å². The summed E-state index contributed by atoms with van der Waals surface area (Å²) in [5, 5.41) is 12.9. The van der Waals surface area contributed by atoms with Gasteiger partial charge in [0.2, 0.25) is 5.91 Å². The molecule has 5 atom stereocenters. The fourth-order valence-electron chi connectivity index (χ4n) is 6.08. The molecule has 0 saturated heterocycles. The molecular formula is C21H28FNO3. The second kappa shape index (κ2) is 6.67. The van der Waals surface area contributed by atoms with Gasteiger partial charge in [-0.05, 0) is 61.1 Å². The lowest BCUT2D eigenvalue weighted by molar-refractivity contribution is -0.143. The molecule has 0 spiro atoms. The highest BCUT2D eigenvalue weighted by Crippen LogP contribution is 2.58. The summed E-state index contributed by atoms with van der Waals surface area (Å²) in [7, 11) is 0. The van der Waals surface area contributed by atoms with Crippen LogP contribution in [0.25, 0.3) is 0 Å². The van der Waals surface area contributed by atoms with Gasteiger partial charge in [-0.2, -0.15) is 0 Å². The highest BCUT2D eigenvalue weighted by atomic mass is 19.1. The first kappa shape index (κ1) is 18.9. The average molecular weight is 361 g/mol. The number of aliphatic carboxylic acids is 1. The number of carboxylic acids is 1. The Balaban J connectivity index is 2.08. The molecule has 0 heterocycles. The lowest BCUT2D eigenvalue weighted by Crippen LogP contribution is -2.63. The molecule has 26 heavy (non-hydrogen) atoms. The topological polar surface area (TPSA) is 66.4 Å². The zero-order valence-electron chi connectivity index (χ0n) is 15.7. The number of hydrogen-bond donors (Lipinski definition) is 2. The number of rotatable bonds is 4. The third-order valence-electron chi connectivity index (χ3n) is 6.63. The molecule has 2 bridgehead atoms. The molecule has 0 radical (unpaired) electrons. The van der Waals surface area contributed by atoms with Crippen LogP contribution < -0.4 is 5.32 Å². The van der Waals surface area contributed by atoms with Crippen LogP contribution in [0.4, 0.5) is 4.39 Å². The standard InChI is InChI=1S/C21H28FNO3/c1-13-8-17-11-20(9-13,23-15(3)24)10-14(2)21(17,12-19(25)26)16-4-6-18(22)7-5-16/h4-7,13-14,17H,8-12H2,1-3H3,(H,23,24)(H,25,26)/t13?,14?,17?,20-,21+/m1/s1. The third kappa shape index (κ3) is 3.24. The SMILES string of the molecule is CC(=O)N[C@@]12CC(C)CC(C1)[C@](CC(=O)O)(c1ccc(F)cc1)C(C)C2. The molecule has 2 fully saturated rings. The lowest BCUT2D eigenvalue weighted by Gasteiger charge is -2.59. The van der Waals surface area contributed by atoms with E-state index in [1.807, 2.05) is 0 Å². The molecule has 2 N–H and O–H groups in total. The third-order valence-corrected chi connectivity index (χ3v) is 6.63. The first-order valence-corrected chi connectivity index (χ1v) is 9.43. The van der Waals surface area contributed by atoms with Gasteiger partial charge in [-0.15, -0.1) is 0 Å². The molecule has 1 aromatic rings. The number of nitrogens with one attached hydrogen (secondary N) is 1. The molecule has 3 unspecified atom stereocenters. The predicted octanol–water partition coefficient (Wildman–Crippen LogP) is 3.89. The molecule has 0 aromatic heterocycles. The molecule has 2 saturated carbocycles. The van der Waals surface area contributed by atoms with Gasteiger partial charge < -0.3 is 10.4 Å². The molecule has 3 rings (SSSR count). The van der Waals surface area contributed by atoms with Gasteiger partial charge in [-0.3, -0.25) is 9.59 Å². The van der Waals surface area contributed by atoms with Crippen molar-refractivity contribution in [3.63, 3.8) is 0 Å². The van der Waals surface area contributed by atoms with E-state index >= 15 is 0 Å². The van der Waals surface area contributed by atoms with Crippen molar-refractivity contribution >= 4 is 11.9 Å². The van der Waals surface area contributed by atoms with Crippen LogP contribution in [0.5, 0.6) is 0 Å². The number of carboxylic acid groups (broad SMARTS) is 1. The minimum absolute atomic E-state index is 0.0300. The Bertz CT molecular complexity index is 700. The minimum atomic E-state index is -0.827. The van der Waals surface area contributed by atoms with Crippen LogP contribution in [0.15, 0.2) is 24.3 Å². The number of carbonyl (C=O) groups excluding carboxylic acids is 1. The van der Waals surface area contributed by atoms with Crippen molar-refractivity contribution in [2.45, 2.75) is 63.8 Å². The summed E-state index contributed by atoms with van der Waals surface area (Å²) in [5.74, 6) is -0.552. The Morgan fingerprint density at radius 3 is 2.42 bits per heavy atom. The normalized spacial score (nSPS) is 36.4. The van der Waals surface area contributed by atoms with Crippen molar-refractivity contribution in [3.8, 4) is 0 Å². The monoisotopic (exact) mass is 361 g/mol. The maximum Gasteiger partial charge on any atom is 0.304 e. The largest absolute Gasteiger partial charge is 0.481 e. The van der Waals surface area contributed by atoms with Crippen molar-refractivity contribution in [2.24, 2.45) is 17.8 Å². The molecule has 0 aliphatic heterocycles. The Kier molecular flexibility index (Phi) is 4.84. The van der Waals surface area contributed by atoms with E-state index in [-0.39, 0.29) is 35.5 Å². The van der Waals surface area contributed by atoms with Crippen molar-refractivity contribution in [1.82, 2.24) is 5.32 Å². The molecule has 2 aliphatic rings. The fraction of sp³-hybridized carbons (Fsp3) is 0.619. The van der Waals surface area contributed by atoms with Crippen LogP contribution in [0.2, 0.25) is 0 Å². The number of fused-ring (bicyclic) bond motifs is 2. The maximum absolute atomic E-state index is 13.5. The van der Waals surface area contributed by atoms with Gasteiger partial charge in [0.25, 0.3) is 0 Å². The van der Waals surface area contributed by atoms with E-state index in [4.69, 9.17) is 0 Å². The van der Waals surface area contributed by atoms with Crippen LogP contribution in [0.3, 0.4) is 0 Å². The zero-order chi connectivity index (χ0) is 19.1. The lowest BCUT2D eigenvalue weighted by atomic mass is 9.47. The van der Waals surface area contributed by atoms with Gasteiger partial charge in [0.15, 0.2) is 0 Å². The van der Waals surface area contributed by atoms with Crippen molar-refractivity contribution in [3.05, 3.63) is 35.6 Å². The summed E-state index contributed by atoms with van der Waals surface area (Å²) >= 11 is 0. The second-order valence-corrected chi connectivity index (χ2v) is 8.63. The number of carbonyl (C=O) groups is 2. The van der Waals surface area contributed by atoms with Crippen molar-refractivity contribution in [2.75, 3.05) is 0 Å². The van der Waals surface area contributed by atoms with E-state index in [2.05, 4.69) is 19.2 Å². The molecule has 142 valence electrons. The van der Waals surface area contributed by atoms with Gasteiger partial charge in [0.05, 0.1) is 6.42 Å². The average Bonchev–Trinajstić information content (AvgIpc) is 2.50. The number of amides is 1. The van der Waals surface area contributed by atoms with E-state index in [1.54, 1.807) is 19.1 Å². The summed E-state index contributed by atoms with van der Waals surface area (Å²) in [6, 6.07) is 6.35. The molecule has 4 nitrogen and oxygen atoms in total. The quantitative estimate of drug-likeness (QED) is 0.855. The van der Waals surface area contributed by atoms with E-state index in [9.17, 15) is 19.1 Å². The summed E-state index contributed by atoms with van der Waals surface area (Å²) < 4.78 is 13.5. The van der Waals surface area contributed by atoms with Crippen LogP contribution in [-0.4, -0.2) is 22.5 Å². The van der Waals surface area contributed by atoms with Crippen LogP contribution >= 0.6 is 0 Å². The number of benzene rings is 1. The van der Waals surface area contributed by atoms with E-state index in [1.165, 1.54) is 12.1 Å². The van der Waals surface area contributed by atoms with Gasteiger partial charge in [-0.25, -0.2) is 4.39 Å². The van der Waals surface area contributed by atoms with Crippen molar-refractivity contribution < 1.29 is 19.1 Å². The fourth-order valence-corrected chi connectivity index (χ4v) is 6.08. The highest BCUT2D eigenvalue weighted by molar-refractivity contribution is 5.74. The molecule has 1 aromatic carbocycles. The Morgan fingerprint density at radius 2 is 1.85 bits per heavy atom. The predicted molar refractivity (Wildman–Crippen MR) is 97.2 cm³/mol. The maximum atomic E-state index is 13.5. The van der Waals surface area contributed by atoms with Gasteiger partial charge in [0.1, 0.15) is 5.82 Å². The minimum Gasteiger partial charge on any atom is -0.481 e. The molecule has 1 amide bonds. The number of halogens is 1. The summed E-state index contributed by atoms with van der Waals surface area (Å²) in [6.45, 7) is 5.81.